The highest BCUT2D eigenvalue weighted by molar-refractivity contribution is 6.31. The van der Waals surface area contributed by atoms with Gasteiger partial charge in [-0.2, -0.15) is 0 Å². The van der Waals surface area contributed by atoms with E-state index < -0.39 is 5.38 Å². The van der Waals surface area contributed by atoms with Gasteiger partial charge in [0.1, 0.15) is 11.7 Å². The highest BCUT2D eigenvalue weighted by atomic mass is 35.5. The molecule has 0 heterocycles. The Hall–Kier alpha value is -1.15. The molecule has 1 rings (SSSR count). The summed E-state index contributed by atoms with van der Waals surface area (Å²) in [5.41, 5.74) is 2.04. The van der Waals surface area contributed by atoms with E-state index in [9.17, 15) is 9.59 Å². The molecular formula is C11H11ClO2. The number of carbonyl (C=O) groups excluding carboxylic acids is 2. The summed E-state index contributed by atoms with van der Waals surface area (Å²) in [6, 6.07) is 5.28. The molecule has 14 heavy (non-hydrogen) atoms. The first-order chi connectivity index (χ1) is 6.56. The molecule has 0 radical (unpaired) electrons. The van der Waals surface area contributed by atoms with Gasteiger partial charge in [-0.3, -0.25) is 9.59 Å². The average molecular weight is 211 g/mol. The van der Waals surface area contributed by atoms with Crippen molar-refractivity contribution in [2.24, 2.45) is 0 Å². The van der Waals surface area contributed by atoms with Crippen LogP contribution in [0.4, 0.5) is 0 Å². The van der Waals surface area contributed by atoms with Crippen molar-refractivity contribution < 1.29 is 9.59 Å². The Balaban J connectivity index is 3.20. The lowest BCUT2D eigenvalue weighted by Crippen LogP contribution is -2.05. The molecule has 0 amide bonds. The van der Waals surface area contributed by atoms with E-state index in [0.717, 1.165) is 11.8 Å². The lowest BCUT2D eigenvalue weighted by Gasteiger charge is -2.09. The Morgan fingerprint density at radius 3 is 2.64 bits per heavy atom. The van der Waals surface area contributed by atoms with E-state index in [4.69, 9.17) is 11.6 Å². The SMILES string of the molecule is CC(=O)C(Cl)c1ccc(C)cc1C=O. The largest absolute Gasteiger partial charge is 0.298 e. The van der Waals surface area contributed by atoms with Crippen molar-refractivity contribution in [3.05, 3.63) is 34.9 Å². The fourth-order valence-electron chi connectivity index (χ4n) is 1.25. The van der Waals surface area contributed by atoms with Crippen molar-refractivity contribution in [2.45, 2.75) is 19.2 Å². The van der Waals surface area contributed by atoms with Gasteiger partial charge in [0, 0.05) is 5.56 Å². The first kappa shape index (κ1) is 10.9. The van der Waals surface area contributed by atoms with Gasteiger partial charge in [-0.1, -0.05) is 17.7 Å². The fraction of sp³-hybridized carbons (Fsp3) is 0.273. The van der Waals surface area contributed by atoms with Crippen molar-refractivity contribution >= 4 is 23.7 Å². The normalized spacial score (nSPS) is 12.2. The zero-order chi connectivity index (χ0) is 10.7. The smallest absolute Gasteiger partial charge is 0.152 e. The number of aryl methyl sites for hydroxylation is 1. The summed E-state index contributed by atoms with van der Waals surface area (Å²) in [5, 5.41) is -0.726. The van der Waals surface area contributed by atoms with Crippen LogP contribution < -0.4 is 0 Å². The van der Waals surface area contributed by atoms with E-state index >= 15 is 0 Å². The number of halogens is 1. The molecule has 0 saturated heterocycles. The summed E-state index contributed by atoms with van der Waals surface area (Å²) in [6.07, 6.45) is 0.723. The lowest BCUT2D eigenvalue weighted by molar-refractivity contribution is -0.116. The molecule has 0 saturated carbocycles. The zero-order valence-electron chi connectivity index (χ0n) is 8.08. The second-order valence-electron chi connectivity index (χ2n) is 3.22. The average Bonchev–Trinajstić information content (AvgIpc) is 2.16. The highest BCUT2D eigenvalue weighted by Crippen LogP contribution is 2.24. The van der Waals surface area contributed by atoms with Gasteiger partial charge in [-0.05, 0) is 25.5 Å². The van der Waals surface area contributed by atoms with E-state index in [1.165, 1.54) is 6.92 Å². The van der Waals surface area contributed by atoms with Crippen LogP contribution in [-0.2, 0) is 4.79 Å². The predicted octanol–water partition coefficient (Wildman–Crippen LogP) is 2.68. The van der Waals surface area contributed by atoms with Crippen LogP contribution in [0.1, 0.15) is 33.8 Å². The van der Waals surface area contributed by atoms with Crippen molar-refractivity contribution in [1.82, 2.24) is 0 Å². The number of aldehydes is 1. The van der Waals surface area contributed by atoms with Crippen LogP contribution >= 0.6 is 11.6 Å². The lowest BCUT2D eigenvalue weighted by atomic mass is 10.0. The van der Waals surface area contributed by atoms with Crippen LogP contribution in [0, 0.1) is 6.92 Å². The molecule has 2 nitrogen and oxygen atoms in total. The number of alkyl halides is 1. The first-order valence-electron chi connectivity index (χ1n) is 4.26. The number of rotatable bonds is 3. The molecule has 0 aliphatic heterocycles. The summed E-state index contributed by atoms with van der Waals surface area (Å²) in [5.74, 6) is -0.154. The monoisotopic (exact) mass is 210 g/mol. The topological polar surface area (TPSA) is 34.1 Å². The molecule has 0 N–H and O–H groups in total. The maximum atomic E-state index is 11.0. The maximum absolute atomic E-state index is 11.0. The van der Waals surface area contributed by atoms with Gasteiger partial charge in [0.25, 0.3) is 0 Å². The minimum absolute atomic E-state index is 0.154. The van der Waals surface area contributed by atoms with Crippen LogP contribution in [0.5, 0.6) is 0 Å². The summed E-state index contributed by atoms with van der Waals surface area (Å²) in [7, 11) is 0. The van der Waals surface area contributed by atoms with E-state index in [1.54, 1.807) is 12.1 Å². The summed E-state index contributed by atoms with van der Waals surface area (Å²) in [4.78, 5) is 21.8. The molecule has 1 atom stereocenters. The van der Waals surface area contributed by atoms with Crippen LogP contribution in [-0.4, -0.2) is 12.1 Å². The van der Waals surface area contributed by atoms with Gasteiger partial charge in [0.2, 0.25) is 0 Å². The van der Waals surface area contributed by atoms with Gasteiger partial charge in [0.05, 0.1) is 0 Å². The molecule has 0 bridgehead atoms. The zero-order valence-corrected chi connectivity index (χ0v) is 8.84. The Bertz CT molecular complexity index is 372. The minimum Gasteiger partial charge on any atom is -0.298 e. The summed E-state index contributed by atoms with van der Waals surface area (Å²) in [6.45, 7) is 3.29. The standard InChI is InChI=1S/C11H11ClO2/c1-7-3-4-10(9(5-7)6-13)11(12)8(2)14/h3-6,11H,1-2H3. The van der Waals surface area contributed by atoms with E-state index in [1.807, 2.05) is 13.0 Å². The van der Waals surface area contributed by atoms with E-state index in [-0.39, 0.29) is 5.78 Å². The quantitative estimate of drug-likeness (QED) is 0.568. The molecule has 74 valence electrons. The maximum Gasteiger partial charge on any atom is 0.152 e. The van der Waals surface area contributed by atoms with E-state index in [0.29, 0.717) is 11.1 Å². The number of benzene rings is 1. The van der Waals surface area contributed by atoms with Gasteiger partial charge < -0.3 is 0 Å². The number of hydrogen-bond donors (Lipinski definition) is 0. The van der Waals surface area contributed by atoms with Crippen LogP contribution in [0.25, 0.3) is 0 Å². The Kier molecular flexibility index (Phi) is 3.42. The van der Waals surface area contributed by atoms with Crippen LogP contribution in [0.2, 0.25) is 0 Å². The summed E-state index contributed by atoms with van der Waals surface area (Å²) < 4.78 is 0. The molecule has 0 spiro atoms. The predicted molar refractivity (Wildman–Crippen MR) is 55.8 cm³/mol. The second-order valence-corrected chi connectivity index (χ2v) is 3.66. The third-order valence-corrected chi connectivity index (χ3v) is 2.54. The Labute approximate surface area is 87.9 Å². The molecule has 3 heteroatoms. The van der Waals surface area contributed by atoms with E-state index in [2.05, 4.69) is 0 Å². The molecular weight excluding hydrogens is 200 g/mol. The Morgan fingerprint density at radius 1 is 1.50 bits per heavy atom. The molecule has 0 aliphatic carbocycles. The van der Waals surface area contributed by atoms with Crippen molar-refractivity contribution in [3.63, 3.8) is 0 Å². The van der Waals surface area contributed by atoms with Crippen molar-refractivity contribution in [2.75, 3.05) is 0 Å². The van der Waals surface area contributed by atoms with Gasteiger partial charge >= 0.3 is 0 Å². The highest BCUT2D eigenvalue weighted by Gasteiger charge is 2.16. The van der Waals surface area contributed by atoms with Gasteiger partial charge in [-0.25, -0.2) is 0 Å². The second kappa shape index (κ2) is 4.38. The minimum atomic E-state index is -0.726. The van der Waals surface area contributed by atoms with Crippen LogP contribution in [0.15, 0.2) is 18.2 Å². The Morgan fingerprint density at radius 2 is 2.14 bits per heavy atom. The molecule has 1 aromatic carbocycles. The fourth-order valence-corrected chi connectivity index (χ4v) is 1.44. The third kappa shape index (κ3) is 2.20. The van der Waals surface area contributed by atoms with Gasteiger partial charge in [0.15, 0.2) is 5.78 Å². The van der Waals surface area contributed by atoms with Crippen molar-refractivity contribution in [3.8, 4) is 0 Å². The van der Waals surface area contributed by atoms with Gasteiger partial charge in [-0.15, -0.1) is 11.6 Å². The first-order valence-corrected chi connectivity index (χ1v) is 4.70. The van der Waals surface area contributed by atoms with Crippen molar-refractivity contribution in [1.29, 1.82) is 0 Å². The number of carbonyl (C=O) groups is 2. The number of hydrogen-bond acceptors (Lipinski definition) is 2. The molecule has 1 unspecified atom stereocenters. The molecule has 1 aromatic rings. The molecule has 0 fully saturated rings. The third-order valence-electron chi connectivity index (χ3n) is 2.00. The van der Waals surface area contributed by atoms with Crippen LogP contribution in [0.3, 0.4) is 0 Å². The number of Topliss-reactive ketones (excluding diaryl/α,β-unsaturated/α-hetero) is 1. The molecule has 0 aromatic heterocycles. The summed E-state index contributed by atoms with van der Waals surface area (Å²) >= 11 is 5.87. The number of ketones is 1. The molecule has 0 aliphatic rings.